The molecule has 96 valence electrons. The number of nitrogens with two attached hydrogens (primary N) is 1. The van der Waals surface area contributed by atoms with Crippen molar-refractivity contribution in [2.24, 2.45) is 5.73 Å². The molecule has 0 bridgehead atoms. The van der Waals surface area contributed by atoms with Crippen LogP contribution in [0.3, 0.4) is 0 Å². The second-order valence-electron chi connectivity index (χ2n) is 4.25. The Morgan fingerprint density at radius 3 is 2.78 bits per heavy atom. The topological polar surface area (TPSA) is 35.2 Å². The highest BCUT2D eigenvalue weighted by Gasteiger charge is 2.14. The quantitative estimate of drug-likeness (QED) is 0.919. The van der Waals surface area contributed by atoms with Crippen LogP contribution in [0.25, 0.3) is 0 Å². The number of benzene rings is 1. The van der Waals surface area contributed by atoms with Gasteiger partial charge in [0.1, 0.15) is 5.75 Å². The molecule has 0 saturated carbocycles. The fourth-order valence-electron chi connectivity index (χ4n) is 1.92. The van der Waals surface area contributed by atoms with Gasteiger partial charge in [0.15, 0.2) is 0 Å². The molecule has 0 aliphatic heterocycles. The molecular weight excluding hydrogens is 310 g/mol. The molecule has 0 amide bonds. The van der Waals surface area contributed by atoms with Gasteiger partial charge in [-0.1, -0.05) is 17.7 Å². The van der Waals surface area contributed by atoms with Crippen LogP contribution < -0.4 is 10.5 Å². The van der Waals surface area contributed by atoms with Crippen molar-refractivity contribution in [3.05, 3.63) is 50.1 Å². The smallest absolute Gasteiger partial charge is 0.123 e. The Hall–Kier alpha value is -0.840. The van der Waals surface area contributed by atoms with Crippen LogP contribution in [0, 0.1) is 6.92 Å². The van der Waals surface area contributed by atoms with Crippen molar-refractivity contribution in [3.63, 3.8) is 0 Å². The molecule has 2 rings (SSSR count). The molecule has 1 heterocycles. The first-order chi connectivity index (χ1) is 8.61. The number of hydrogen-bond acceptors (Lipinski definition) is 3. The summed E-state index contributed by atoms with van der Waals surface area (Å²) >= 11 is 5.26. The zero-order chi connectivity index (χ0) is 13.1. The van der Waals surface area contributed by atoms with E-state index >= 15 is 0 Å². The summed E-state index contributed by atoms with van der Waals surface area (Å²) in [6, 6.07) is 8.13. The number of rotatable bonds is 4. The lowest BCUT2D eigenvalue weighted by atomic mass is 10.0. The van der Waals surface area contributed by atoms with Crippen LogP contribution in [-0.4, -0.2) is 7.11 Å². The molecule has 1 aromatic carbocycles. The molecule has 2 aromatic rings. The molecule has 4 heteroatoms. The Morgan fingerprint density at radius 1 is 1.39 bits per heavy atom. The van der Waals surface area contributed by atoms with Crippen LogP contribution in [-0.2, 0) is 6.42 Å². The summed E-state index contributed by atoms with van der Waals surface area (Å²) in [6.45, 7) is 2.07. The average molecular weight is 326 g/mol. The predicted octanol–water partition coefficient (Wildman–Crippen LogP) is 4.07. The molecule has 1 unspecified atom stereocenters. The van der Waals surface area contributed by atoms with E-state index in [4.69, 9.17) is 10.5 Å². The Morgan fingerprint density at radius 2 is 2.17 bits per heavy atom. The zero-order valence-corrected chi connectivity index (χ0v) is 12.8. The first-order valence-corrected chi connectivity index (χ1v) is 7.41. The number of halogens is 1. The Labute approximate surface area is 120 Å². The molecule has 0 aliphatic rings. The van der Waals surface area contributed by atoms with Gasteiger partial charge in [-0.25, -0.2) is 0 Å². The van der Waals surface area contributed by atoms with Crippen molar-refractivity contribution < 1.29 is 4.74 Å². The van der Waals surface area contributed by atoms with Gasteiger partial charge in [-0.15, -0.1) is 11.3 Å². The van der Waals surface area contributed by atoms with Crippen molar-refractivity contribution in [3.8, 4) is 5.75 Å². The molecular formula is C14H16BrNOS. The maximum absolute atomic E-state index is 6.31. The highest BCUT2D eigenvalue weighted by molar-refractivity contribution is 9.10. The first kappa shape index (κ1) is 13.6. The third-order valence-electron chi connectivity index (χ3n) is 2.88. The lowest BCUT2D eigenvalue weighted by Gasteiger charge is -2.16. The zero-order valence-electron chi connectivity index (χ0n) is 10.4. The third kappa shape index (κ3) is 2.94. The van der Waals surface area contributed by atoms with Gasteiger partial charge in [0, 0.05) is 27.4 Å². The summed E-state index contributed by atoms with van der Waals surface area (Å²) < 4.78 is 6.52. The molecule has 1 aromatic heterocycles. The molecule has 18 heavy (non-hydrogen) atoms. The summed E-state index contributed by atoms with van der Waals surface area (Å²) in [5, 5.41) is 2.07. The van der Waals surface area contributed by atoms with Crippen LogP contribution in [0.15, 0.2) is 34.1 Å². The largest absolute Gasteiger partial charge is 0.496 e. The minimum atomic E-state index is -0.0465. The average Bonchev–Trinajstić information content (AvgIpc) is 2.75. The van der Waals surface area contributed by atoms with Gasteiger partial charge >= 0.3 is 0 Å². The molecule has 2 N–H and O–H groups in total. The summed E-state index contributed by atoms with van der Waals surface area (Å²) in [7, 11) is 1.68. The number of thiophene rings is 1. The van der Waals surface area contributed by atoms with Gasteiger partial charge in [0.2, 0.25) is 0 Å². The number of aryl methyl sites for hydroxylation is 1. The third-order valence-corrected chi connectivity index (χ3v) is 4.83. The van der Waals surface area contributed by atoms with E-state index in [0.29, 0.717) is 0 Å². The van der Waals surface area contributed by atoms with Crippen LogP contribution in [0.1, 0.15) is 22.0 Å². The van der Waals surface area contributed by atoms with Crippen LogP contribution in [0.4, 0.5) is 0 Å². The van der Waals surface area contributed by atoms with Crippen molar-refractivity contribution >= 4 is 27.3 Å². The summed E-state index contributed by atoms with van der Waals surface area (Å²) in [6.07, 6.45) is 0.818. The normalized spacial score (nSPS) is 12.4. The highest BCUT2D eigenvalue weighted by Crippen LogP contribution is 2.31. The lowest BCUT2D eigenvalue weighted by molar-refractivity contribution is 0.405. The maximum Gasteiger partial charge on any atom is 0.123 e. The van der Waals surface area contributed by atoms with E-state index in [2.05, 4.69) is 40.4 Å². The first-order valence-electron chi connectivity index (χ1n) is 5.74. The molecule has 0 aliphatic carbocycles. The standard InChI is InChI=1S/C14H16BrNOS/c1-9-3-4-13(17-2)10(7-9)12(16)8-14-11(15)5-6-18-14/h3-7,12H,8,16H2,1-2H3. The van der Waals surface area contributed by atoms with Crippen molar-refractivity contribution in [1.29, 1.82) is 0 Å². The highest BCUT2D eigenvalue weighted by atomic mass is 79.9. The van der Waals surface area contributed by atoms with Crippen LogP contribution >= 0.6 is 27.3 Å². The Bertz CT molecular complexity index is 538. The Kier molecular flexibility index (Phi) is 4.43. The van der Waals surface area contributed by atoms with Gasteiger partial charge in [-0.05, 0) is 40.4 Å². The van der Waals surface area contributed by atoms with E-state index in [1.165, 1.54) is 10.4 Å². The van der Waals surface area contributed by atoms with Crippen LogP contribution in [0.2, 0.25) is 0 Å². The molecule has 1 atom stereocenters. The maximum atomic E-state index is 6.31. The Balaban J connectivity index is 2.25. The molecule has 0 radical (unpaired) electrons. The number of hydrogen-bond donors (Lipinski definition) is 1. The van der Waals surface area contributed by atoms with Crippen molar-refractivity contribution in [1.82, 2.24) is 0 Å². The van der Waals surface area contributed by atoms with E-state index in [9.17, 15) is 0 Å². The van der Waals surface area contributed by atoms with Crippen molar-refractivity contribution in [2.45, 2.75) is 19.4 Å². The predicted molar refractivity (Wildman–Crippen MR) is 80.4 cm³/mol. The second-order valence-corrected chi connectivity index (χ2v) is 6.10. The number of ether oxygens (including phenoxy) is 1. The van der Waals surface area contributed by atoms with Crippen molar-refractivity contribution in [2.75, 3.05) is 7.11 Å². The SMILES string of the molecule is COc1ccc(C)cc1C(N)Cc1sccc1Br. The monoisotopic (exact) mass is 325 g/mol. The minimum absolute atomic E-state index is 0.0465. The number of methoxy groups -OCH3 is 1. The summed E-state index contributed by atoms with van der Waals surface area (Å²) in [5.74, 6) is 0.862. The molecule has 0 fully saturated rings. The van der Waals surface area contributed by atoms with Gasteiger partial charge in [0.05, 0.1) is 7.11 Å². The molecule has 0 saturated heterocycles. The van der Waals surface area contributed by atoms with E-state index in [-0.39, 0.29) is 6.04 Å². The van der Waals surface area contributed by atoms with Gasteiger partial charge in [-0.2, -0.15) is 0 Å². The lowest BCUT2D eigenvalue weighted by Crippen LogP contribution is -2.14. The molecule has 0 spiro atoms. The van der Waals surface area contributed by atoms with E-state index in [0.717, 1.165) is 22.2 Å². The van der Waals surface area contributed by atoms with E-state index < -0.39 is 0 Å². The minimum Gasteiger partial charge on any atom is -0.496 e. The van der Waals surface area contributed by atoms with Gasteiger partial charge in [-0.3, -0.25) is 0 Å². The van der Waals surface area contributed by atoms with E-state index in [1.54, 1.807) is 18.4 Å². The molecule has 2 nitrogen and oxygen atoms in total. The second kappa shape index (κ2) is 5.87. The summed E-state index contributed by atoms with van der Waals surface area (Å²) in [4.78, 5) is 1.27. The van der Waals surface area contributed by atoms with Crippen LogP contribution in [0.5, 0.6) is 5.75 Å². The van der Waals surface area contributed by atoms with E-state index in [1.807, 2.05) is 12.1 Å². The fourth-order valence-corrected chi connectivity index (χ4v) is 3.50. The van der Waals surface area contributed by atoms with Gasteiger partial charge < -0.3 is 10.5 Å². The fraction of sp³-hybridized carbons (Fsp3) is 0.286. The van der Waals surface area contributed by atoms with Gasteiger partial charge in [0.25, 0.3) is 0 Å². The summed E-state index contributed by atoms with van der Waals surface area (Å²) in [5.41, 5.74) is 8.57.